The molecule has 0 amide bonds. The average Bonchev–Trinajstić information content (AvgIpc) is 0.728. The maximum absolute atomic E-state index is 15.8. The molecule has 9 aromatic heterocycles. The molecule has 0 unspecified atom stereocenters. The molecule has 0 radical (unpaired) electrons. The van der Waals surface area contributed by atoms with Crippen molar-refractivity contribution in [3.05, 3.63) is 541 Å². The minimum atomic E-state index is -3.36. The van der Waals surface area contributed by atoms with Crippen LogP contribution in [0.5, 0.6) is 0 Å². The predicted molar refractivity (Wildman–Crippen MR) is 618 cm³/mol. The van der Waals surface area contributed by atoms with E-state index in [4.69, 9.17) is 19.9 Å². The third-order valence-electron chi connectivity index (χ3n) is 27.6. The molecule has 0 N–H and O–H groups in total. The summed E-state index contributed by atoms with van der Waals surface area (Å²) in [6, 6.07) is 167. The predicted octanol–water partition coefficient (Wildman–Crippen LogP) is 27.2. The fourth-order valence-corrected chi connectivity index (χ4v) is 30.6. The molecular weight excluding hydrogens is 1890 g/mol. The lowest BCUT2D eigenvalue weighted by Crippen LogP contribution is -2.28. The maximum Gasteiger partial charge on any atom is 0.206 e. The maximum atomic E-state index is 15.8. The minimum Gasteiger partial charge on any atom is -0.309 e. The van der Waals surface area contributed by atoms with Crippen molar-refractivity contribution in [3.8, 4) is 45.0 Å². The number of pyridine rings is 9. The minimum absolute atomic E-state index is 0.546. The lowest BCUT2D eigenvalue weighted by atomic mass is 10.0. The molecule has 0 saturated heterocycles. The Hall–Kier alpha value is -17.9. The van der Waals surface area contributed by atoms with E-state index in [9.17, 15) is 4.57 Å². The second-order valence-corrected chi connectivity index (χ2v) is 47.2. The van der Waals surface area contributed by atoms with E-state index in [-0.39, 0.29) is 0 Å². The van der Waals surface area contributed by atoms with Gasteiger partial charge in [-0.25, -0.2) is 15.0 Å². The summed E-state index contributed by atoms with van der Waals surface area (Å²) in [5.74, 6) is 0. The van der Waals surface area contributed by atoms with Gasteiger partial charge in [0.2, 0.25) is 7.14 Å². The van der Waals surface area contributed by atoms with E-state index >= 15 is 13.7 Å². The van der Waals surface area contributed by atoms with Crippen LogP contribution in [0.1, 0.15) is 0 Å². The highest BCUT2D eigenvalue weighted by Gasteiger charge is 2.38. The molecule has 27 aromatic rings. The van der Waals surface area contributed by atoms with E-state index in [2.05, 4.69) is 225 Å². The summed E-state index contributed by atoms with van der Waals surface area (Å²) in [5, 5.41) is 25.0. The van der Waals surface area contributed by atoms with Gasteiger partial charge in [0.1, 0.15) is 16.3 Å². The van der Waals surface area contributed by atoms with Crippen molar-refractivity contribution in [1.82, 2.24) is 44.9 Å². The second kappa shape index (κ2) is 40.0. The zero-order valence-electron chi connectivity index (χ0n) is 79.8. The van der Waals surface area contributed by atoms with Crippen LogP contribution in [0.3, 0.4) is 0 Å². The van der Waals surface area contributed by atoms with Crippen molar-refractivity contribution >= 4 is 212 Å². The average molecular weight is 1980 g/mol. The van der Waals surface area contributed by atoms with Gasteiger partial charge in [0.25, 0.3) is 0 Å². The first-order valence-electron chi connectivity index (χ1n) is 48.9. The van der Waals surface area contributed by atoms with Crippen LogP contribution in [0, 0.1) is 0 Å². The quantitative estimate of drug-likeness (QED) is 0.0658. The van der Waals surface area contributed by atoms with Crippen molar-refractivity contribution in [2.24, 2.45) is 0 Å². The highest BCUT2D eigenvalue weighted by molar-refractivity contribution is 7.87. The molecule has 0 fully saturated rings. The summed E-state index contributed by atoms with van der Waals surface area (Å²) in [5.41, 5.74) is 13.4. The first-order chi connectivity index (χ1) is 72.8. The Morgan fingerprint density at radius 3 is 1.01 bits per heavy atom. The summed E-state index contributed by atoms with van der Waals surface area (Å²) in [6.07, 6.45) is 10.5. The number of rotatable bonds is 16. The summed E-state index contributed by atoms with van der Waals surface area (Å²) in [6.45, 7) is 0. The Labute approximate surface area is 854 Å². The van der Waals surface area contributed by atoms with Crippen molar-refractivity contribution < 1.29 is 18.3 Å². The number of aromatic nitrogens is 9. The molecule has 9 heterocycles. The van der Waals surface area contributed by atoms with Crippen molar-refractivity contribution in [2.75, 3.05) is 0 Å². The standard InChI is InChI=1S/C38H25N2OP.C35H24NOP.C32H21N2OP.C26H19N4OP/c41-42(35-15-5-10-27-8-1-3-13-33(27)35,36-16-6-11-28-9-2-4-14-34(28)36)32-21-19-26(20-22-32)31-24-30-18-17-29-12-7-23-39-37(29)38(30)40-25-31;37-38(32-18-14-26-10-4-6-12-28(26)23-32,33-19-15-27-11-5-7-13-29(27)24-33)35-21-17-31-22-30(16-20-34(31)36-35)25-8-2-1-3-9-25;35-36(26-10-2-1-3-11-26,29-20-18-24-16-14-22-8-4-6-12-27(22)31(24)33-29)30-21-19-25-17-15-23-9-5-7-13-28(23)32(25)34-30;31-32(20-8-2-1-3-9-20,21-12-14-25(29-18-21)23-10-4-6-16-27-23)22-13-15-26(30-19-22)24-11-5-7-17-28-24/h1-25H;1-24H;1-21H;1-19H. The molecule has 148 heavy (non-hydrogen) atoms. The van der Waals surface area contributed by atoms with Crippen LogP contribution in [0.25, 0.3) is 164 Å². The van der Waals surface area contributed by atoms with Crippen LogP contribution in [-0.4, -0.2) is 44.9 Å². The first kappa shape index (κ1) is 92.5. The lowest BCUT2D eigenvalue weighted by molar-refractivity contribution is 0.591. The molecule has 0 spiro atoms. The van der Waals surface area contributed by atoms with Gasteiger partial charge in [0.05, 0.1) is 50.4 Å². The molecule has 13 nitrogen and oxygen atoms in total. The van der Waals surface area contributed by atoms with Gasteiger partial charge in [-0.3, -0.25) is 29.9 Å². The fraction of sp³-hybridized carbons (Fsp3) is 0. The molecule has 0 bridgehead atoms. The van der Waals surface area contributed by atoms with Gasteiger partial charge in [-0.2, -0.15) is 0 Å². The summed E-state index contributed by atoms with van der Waals surface area (Å²) < 4.78 is 61.0. The molecule has 17 heteroatoms. The normalized spacial score (nSPS) is 11.8. The third-order valence-corrected chi connectivity index (χ3v) is 39.5. The van der Waals surface area contributed by atoms with Crippen molar-refractivity contribution in [3.63, 3.8) is 0 Å². The molecule has 0 atom stereocenters. The van der Waals surface area contributed by atoms with Crippen LogP contribution >= 0.6 is 28.6 Å². The van der Waals surface area contributed by atoms with Gasteiger partial charge >= 0.3 is 0 Å². The summed E-state index contributed by atoms with van der Waals surface area (Å²) in [4.78, 5) is 42.4. The molecule has 0 aliphatic rings. The van der Waals surface area contributed by atoms with Crippen LogP contribution < -0.4 is 64.0 Å². The molecule has 18 aromatic carbocycles. The van der Waals surface area contributed by atoms with Crippen LogP contribution in [0.15, 0.2) is 541 Å². The Morgan fingerprint density at radius 2 is 0.507 bits per heavy atom. The largest absolute Gasteiger partial charge is 0.309 e. The number of hydrogen-bond donors (Lipinski definition) is 0. The zero-order valence-corrected chi connectivity index (χ0v) is 83.4. The SMILES string of the molecule is O=P(c1ccc(-c2cnc3c(ccc4cccnc43)c2)cc1)(c1cccc2ccccc12)c1cccc2ccccc12.O=P(c1ccc2ccccc2c1)(c1ccc2ccccc2c1)c1ccc2cc(-c3ccccc3)ccc2n1.O=P(c1ccccc1)(c1ccc(-c2ccccn2)nc1)c1ccc(-c2ccccn2)nc1.O=P(c1ccccc1)(c1ccc2ccc3ccccc3c2n1)c1ccc2ccc3ccccc3c2n1. The van der Waals surface area contributed by atoms with Gasteiger partial charge in [0.15, 0.2) is 21.4 Å². The van der Waals surface area contributed by atoms with Crippen LogP contribution in [0.2, 0.25) is 0 Å². The Balaban J connectivity index is 0.000000106. The molecule has 0 aliphatic heterocycles. The van der Waals surface area contributed by atoms with Crippen molar-refractivity contribution in [2.45, 2.75) is 0 Å². The van der Waals surface area contributed by atoms with E-state index in [0.717, 1.165) is 201 Å². The van der Waals surface area contributed by atoms with Gasteiger partial charge < -0.3 is 18.3 Å². The topological polar surface area (TPSA) is 184 Å². The van der Waals surface area contributed by atoms with Gasteiger partial charge in [-0.1, -0.05) is 400 Å². The Bertz CT molecular complexity index is 9580. The molecular formula is C131H89N9O4P4. The highest BCUT2D eigenvalue weighted by atomic mass is 31.2. The van der Waals surface area contributed by atoms with E-state index in [0.29, 0.717) is 26.9 Å². The molecule has 0 aliphatic carbocycles. The smallest absolute Gasteiger partial charge is 0.206 e. The molecule has 0 saturated carbocycles. The van der Waals surface area contributed by atoms with Crippen molar-refractivity contribution in [1.29, 1.82) is 0 Å². The molecule has 702 valence electrons. The first-order valence-corrected chi connectivity index (χ1v) is 55.7. The van der Waals surface area contributed by atoms with Crippen LogP contribution in [-0.2, 0) is 18.3 Å². The van der Waals surface area contributed by atoms with E-state index < -0.39 is 28.6 Å². The van der Waals surface area contributed by atoms with Crippen LogP contribution in [0.4, 0.5) is 0 Å². The van der Waals surface area contributed by atoms with E-state index in [1.165, 1.54) is 0 Å². The number of benzene rings is 18. The lowest BCUT2D eigenvalue weighted by Gasteiger charge is -2.23. The number of fused-ring (bicyclic) bond motifs is 14. The van der Waals surface area contributed by atoms with Gasteiger partial charge in [0, 0.05) is 128 Å². The molecule has 27 rings (SSSR count). The van der Waals surface area contributed by atoms with Gasteiger partial charge in [-0.15, -0.1) is 0 Å². The number of hydrogen-bond acceptors (Lipinski definition) is 13. The Kier molecular flexibility index (Phi) is 25.0. The third kappa shape index (κ3) is 17.6. The second-order valence-electron chi connectivity index (χ2n) is 36.4. The van der Waals surface area contributed by atoms with Gasteiger partial charge in [-0.05, 0) is 174 Å². The highest BCUT2D eigenvalue weighted by Crippen LogP contribution is 2.50. The summed E-state index contributed by atoms with van der Waals surface area (Å²) >= 11 is 0. The number of nitrogens with zero attached hydrogens (tertiary/aromatic N) is 9. The zero-order chi connectivity index (χ0) is 99.5. The van der Waals surface area contributed by atoms with E-state index in [1.54, 1.807) is 31.0 Å². The fourth-order valence-electron chi connectivity index (χ4n) is 20.0. The Morgan fingerprint density at radius 1 is 0.155 bits per heavy atom. The van der Waals surface area contributed by atoms with E-state index in [1.807, 2.05) is 310 Å². The summed E-state index contributed by atoms with van der Waals surface area (Å²) in [7, 11) is -13.1. The monoisotopic (exact) mass is 1980 g/mol.